The summed E-state index contributed by atoms with van der Waals surface area (Å²) in [5.41, 5.74) is 16.3. The fourth-order valence-corrected chi connectivity index (χ4v) is 11.8. The van der Waals surface area contributed by atoms with Crippen LogP contribution >= 0.6 is 11.8 Å². The van der Waals surface area contributed by atoms with Gasteiger partial charge >= 0.3 is 12.4 Å². The van der Waals surface area contributed by atoms with Crippen LogP contribution in [0.1, 0.15) is 72.3 Å². The third-order valence-corrected chi connectivity index (χ3v) is 16.2. The summed E-state index contributed by atoms with van der Waals surface area (Å²) in [5, 5.41) is 34.6. The maximum atomic E-state index is 14.0. The second-order valence-corrected chi connectivity index (χ2v) is 22.0. The van der Waals surface area contributed by atoms with Gasteiger partial charge in [-0.3, -0.25) is 19.3 Å². The number of nitrogen functional groups attached to an aromatic ring is 2. The smallest absolute Gasteiger partial charge is 0.392 e. The molecule has 2 saturated heterocycles. The molecule has 4 aliphatic heterocycles. The van der Waals surface area contributed by atoms with E-state index in [1.165, 1.54) is 46.2 Å². The molecule has 2 atom stereocenters. The Morgan fingerprint density at radius 1 is 0.580 bits per heavy atom. The molecule has 0 aliphatic carbocycles. The number of aldehydes is 1. The Morgan fingerprint density at radius 3 is 1.48 bits per heavy atom. The predicted molar refractivity (Wildman–Crippen MR) is 315 cm³/mol. The first kappa shape index (κ1) is 59.0. The highest BCUT2D eigenvalue weighted by atomic mass is 35.5. The number of carbonyl (C=O) groups is 3. The van der Waals surface area contributed by atoms with Crippen LogP contribution in [0.2, 0.25) is 0 Å². The molecule has 0 saturated carbocycles. The summed E-state index contributed by atoms with van der Waals surface area (Å²) in [6, 6.07) is 38.6. The molecule has 4 aromatic heterocycles. The first-order valence-electron chi connectivity index (χ1n) is 27.9. The molecule has 452 valence electrons. The number of aromatic nitrogens is 6. The maximum Gasteiger partial charge on any atom is 0.435 e. The number of aliphatic hydroxyl groups is 2. The van der Waals surface area contributed by atoms with Crippen molar-refractivity contribution in [3.05, 3.63) is 178 Å². The summed E-state index contributed by atoms with van der Waals surface area (Å²) < 4.78 is 97.7. The molecule has 2 fully saturated rings. The minimum Gasteiger partial charge on any atom is -0.392 e. The van der Waals surface area contributed by atoms with E-state index in [-0.39, 0.29) is 83.7 Å². The van der Waals surface area contributed by atoms with Gasteiger partial charge in [-0.1, -0.05) is 83.1 Å². The standard InChI is InChI=1S/C31H27F3N6O3.C27H18F3N5O3.C4H8ClNO/c32-31(33,34)28-24-12-14-39(30(42)27(24)40(36-28)21-9-10-26-25(15-21)29(35)37-43-26)20-7-5-18(6-8-20)23-4-2-1-3-19(23)16-38-13-11-22(41)17-38;28-27(29,30)24-20-11-12-34(17-7-5-15(6-8-17)19-4-2-1-3-16(19)14-36)26(37)23(20)35(32-24)18-9-10-22-21(13-18)25(31)33-38-22;5-6-2-1-4(7)3-6/h1-10,15,22,41H,11-14,16-17H2,(H2,35,37);1-10,13-14H,11-12H2,(H2,31,33);4,7H,1-3H2/t22-;;4-/m1.1/s1. The molecule has 88 heavy (non-hydrogen) atoms. The normalized spacial score (nSPS) is 17.2. The summed E-state index contributed by atoms with van der Waals surface area (Å²) in [6.07, 6.45) is -7.67. The fraction of sp³-hybridized carbons (Fsp3) is 0.242. The Kier molecular flexibility index (Phi) is 15.9. The molecular formula is C62H53ClF6N12O7. The number of halogens is 7. The highest BCUT2D eigenvalue weighted by molar-refractivity contribution is 6.13. The van der Waals surface area contributed by atoms with E-state index in [1.54, 1.807) is 40.8 Å². The molecular weight excluding hydrogens is 1170 g/mol. The minimum absolute atomic E-state index is 0.0141. The molecule has 6 N–H and O–H groups in total. The third kappa shape index (κ3) is 11.6. The zero-order valence-electron chi connectivity index (χ0n) is 46.4. The zero-order valence-corrected chi connectivity index (χ0v) is 47.2. The second kappa shape index (κ2) is 23.7. The Morgan fingerprint density at radius 2 is 1.03 bits per heavy atom. The number of anilines is 4. The summed E-state index contributed by atoms with van der Waals surface area (Å²) in [4.78, 5) is 44.1. The van der Waals surface area contributed by atoms with Crippen molar-refractivity contribution in [1.82, 2.24) is 39.2 Å². The van der Waals surface area contributed by atoms with Crippen LogP contribution in [-0.2, 0) is 31.7 Å². The van der Waals surface area contributed by atoms with Gasteiger partial charge in [0.1, 0.15) is 11.4 Å². The zero-order chi connectivity index (χ0) is 61.8. The lowest BCUT2D eigenvalue weighted by atomic mass is 9.98. The van der Waals surface area contributed by atoms with Gasteiger partial charge in [-0.05, 0) is 126 Å². The van der Waals surface area contributed by atoms with Crippen LogP contribution in [0.25, 0.3) is 55.6 Å². The highest BCUT2D eigenvalue weighted by Crippen LogP contribution is 2.41. The van der Waals surface area contributed by atoms with Crippen LogP contribution in [0.4, 0.5) is 49.4 Å². The quantitative estimate of drug-likeness (QED) is 0.0596. The maximum absolute atomic E-state index is 14.0. The molecule has 6 aromatic carbocycles. The number of likely N-dealkylation sites (tertiary alicyclic amines) is 1. The van der Waals surface area contributed by atoms with Crippen molar-refractivity contribution in [2.45, 2.75) is 56.8 Å². The number of amides is 2. The van der Waals surface area contributed by atoms with Crippen LogP contribution in [-0.4, -0.2) is 119 Å². The van der Waals surface area contributed by atoms with E-state index >= 15 is 0 Å². The number of fused-ring (bicyclic) bond motifs is 4. The Bertz CT molecular complexity index is 4270. The lowest BCUT2D eigenvalue weighted by molar-refractivity contribution is -0.142. The SMILES string of the molecule is Nc1noc2ccc(-n3nc(C(F)(F)F)c4c3C(=O)N(c3ccc(-c5ccccc5C=O)cc3)CC4)cc12.Nc1noc2ccc(-n3nc(C(F)(F)F)c4c3C(=O)N(c3ccc(-c5ccccc5CN5CC[C@@H](O)C5)cc3)CC4)cc12.O[C@@H]1CCN(Cl)C1. The van der Waals surface area contributed by atoms with Crippen LogP contribution in [0.3, 0.4) is 0 Å². The van der Waals surface area contributed by atoms with Crippen LogP contribution < -0.4 is 21.3 Å². The topological polar surface area (TPSA) is 244 Å². The number of benzene rings is 6. The number of alkyl halides is 6. The van der Waals surface area contributed by atoms with E-state index in [0.717, 1.165) is 69.4 Å². The van der Waals surface area contributed by atoms with Crippen LogP contribution in [0.15, 0.2) is 143 Å². The molecule has 10 aromatic rings. The van der Waals surface area contributed by atoms with Gasteiger partial charge in [0.15, 0.2) is 40.5 Å². The average Bonchev–Trinajstić information content (AvgIpc) is 1.64. The van der Waals surface area contributed by atoms with Crippen molar-refractivity contribution in [1.29, 1.82) is 0 Å². The third-order valence-electron chi connectivity index (χ3n) is 15.9. The van der Waals surface area contributed by atoms with Gasteiger partial charge in [0.05, 0.1) is 34.4 Å². The van der Waals surface area contributed by atoms with Crippen LogP contribution in [0, 0.1) is 0 Å². The molecule has 0 bridgehead atoms. The van der Waals surface area contributed by atoms with Crippen molar-refractivity contribution >= 4 is 74.8 Å². The lowest BCUT2D eigenvalue weighted by Crippen LogP contribution is -2.39. The van der Waals surface area contributed by atoms with E-state index in [0.29, 0.717) is 58.5 Å². The van der Waals surface area contributed by atoms with E-state index in [9.17, 15) is 45.8 Å². The van der Waals surface area contributed by atoms with E-state index < -0.39 is 35.6 Å². The van der Waals surface area contributed by atoms with E-state index in [4.69, 9.17) is 37.4 Å². The minimum atomic E-state index is -4.74. The van der Waals surface area contributed by atoms with Gasteiger partial charge < -0.3 is 40.5 Å². The average molecular weight is 1230 g/mol. The molecule has 0 spiro atoms. The van der Waals surface area contributed by atoms with Gasteiger partial charge in [0, 0.05) is 73.9 Å². The van der Waals surface area contributed by atoms with Gasteiger partial charge in [-0.15, -0.1) is 0 Å². The number of β-amino-alcohol motifs (C(OH)–C–C–N with tert-alkyl or cyclic N) is 2. The van der Waals surface area contributed by atoms with Crippen LogP contribution in [0.5, 0.6) is 0 Å². The lowest BCUT2D eigenvalue weighted by Gasteiger charge is -2.28. The van der Waals surface area contributed by atoms with Crippen molar-refractivity contribution < 1.29 is 60.0 Å². The first-order chi connectivity index (χ1) is 42.2. The number of nitrogens with two attached hydrogens (primary N) is 2. The summed E-state index contributed by atoms with van der Waals surface area (Å²) in [7, 11) is 0. The highest BCUT2D eigenvalue weighted by Gasteiger charge is 2.45. The molecule has 0 radical (unpaired) electrons. The molecule has 19 nitrogen and oxygen atoms in total. The van der Waals surface area contributed by atoms with E-state index in [2.05, 4.69) is 31.5 Å². The summed E-state index contributed by atoms with van der Waals surface area (Å²) in [5.74, 6) is -1.04. The van der Waals surface area contributed by atoms with Crippen molar-refractivity contribution in [3.8, 4) is 33.6 Å². The van der Waals surface area contributed by atoms with Crippen molar-refractivity contribution in [2.75, 3.05) is 60.5 Å². The molecule has 8 heterocycles. The first-order valence-corrected chi connectivity index (χ1v) is 28.2. The van der Waals surface area contributed by atoms with Gasteiger partial charge in [-0.25, -0.2) is 13.8 Å². The summed E-state index contributed by atoms with van der Waals surface area (Å²) >= 11 is 5.48. The number of rotatable bonds is 9. The fourth-order valence-electron chi connectivity index (χ4n) is 11.5. The molecule has 0 unspecified atom stereocenters. The van der Waals surface area contributed by atoms with Crippen molar-refractivity contribution in [2.24, 2.45) is 0 Å². The predicted octanol–water partition coefficient (Wildman–Crippen LogP) is 10.6. The Hall–Kier alpha value is -9.40. The molecule has 4 aliphatic rings. The molecule has 26 heteroatoms. The Labute approximate surface area is 501 Å². The number of hydrogen-bond donors (Lipinski definition) is 4. The van der Waals surface area contributed by atoms with Gasteiger partial charge in [0.2, 0.25) is 0 Å². The van der Waals surface area contributed by atoms with Crippen molar-refractivity contribution in [3.63, 3.8) is 0 Å². The number of carbonyl (C=O) groups excluding carboxylic acids is 3. The number of hydrogen-bond acceptors (Lipinski definition) is 15. The van der Waals surface area contributed by atoms with Gasteiger partial charge in [0.25, 0.3) is 11.8 Å². The number of aliphatic hydroxyl groups excluding tert-OH is 2. The molecule has 14 rings (SSSR count). The monoisotopic (exact) mass is 1230 g/mol. The Balaban J connectivity index is 0.000000155. The second-order valence-electron chi connectivity index (χ2n) is 21.5. The summed E-state index contributed by atoms with van der Waals surface area (Å²) in [6.45, 7) is 3.75. The largest absolute Gasteiger partial charge is 0.435 e. The van der Waals surface area contributed by atoms with Gasteiger partial charge in [-0.2, -0.15) is 36.5 Å². The van der Waals surface area contributed by atoms with E-state index in [1.807, 2.05) is 54.6 Å². The number of nitrogens with zero attached hydrogens (tertiary/aromatic N) is 10. The molecule has 2 amide bonds.